The van der Waals surface area contributed by atoms with E-state index in [0.29, 0.717) is 24.1 Å². The molecule has 1 fully saturated rings. The molecule has 1 saturated carbocycles. The minimum Gasteiger partial charge on any atom is -0.323 e. The van der Waals surface area contributed by atoms with Gasteiger partial charge in [0, 0.05) is 18.6 Å². The van der Waals surface area contributed by atoms with Crippen LogP contribution in [0.3, 0.4) is 0 Å². The summed E-state index contributed by atoms with van der Waals surface area (Å²) in [5.41, 5.74) is 6.82. The first-order valence-corrected chi connectivity index (χ1v) is 7.42. The first-order valence-electron chi connectivity index (χ1n) is 7.42. The van der Waals surface area contributed by atoms with Crippen molar-refractivity contribution in [2.45, 2.75) is 45.2 Å². The summed E-state index contributed by atoms with van der Waals surface area (Å²) in [7, 11) is 0. The SMILES string of the molecule is CC(C)CCN(CC(N)c1ccc(F)c(F)c1)C1CC1. The van der Waals surface area contributed by atoms with Crippen molar-refractivity contribution in [3.8, 4) is 0 Å². The van der Waals surface area contributed by atoms with E-state index in [4.69, 9.17) is 5.73 Å². The van der Waals surface area contributed by atoms with Crippen molar-refractivity contribution in [2.75, 3.05) is 13.1 Å². The number of rotatable bonds is 7. The Morgan fingerprint density at radius 3 is 2.50 bits per heavy atom. The molecule has 0 aliphatic heterocycles. The van der Waals surface area contributed by atoms with Crippen LogP contribution < -0.4 is 5.73 Å². The van der Waals surface area contributed by atoms with Gasteiger partial charge < -0.3 is 5.73 Å². The molecule has 0 heterocycles. The molecule has 1 aliphatic rings. The quantitative estimate of drug-likeness (QED) is 0.829. The van der Waals surface area contributed by atoms with Crippen LogP contribution >= 0.6 is 0 Å². The van der Waals surface area contributed by atoms with Crippen LogP contribution in [0.1, 0.15) is 44.7 Å². The van der Waals surface area contributed by atoms with E-state index in [-0.39, 0.29) is 6.04 Å². The van der Waals surface area contributed by atoms with Crippen LogP contribution in [0.2, 0.25) is 0 Å². The molecule has 1 aliphatic carbocycles. The fraction of sp³-hybridized carbons (Fsp3) is 0.625. The van der Waals surface area contributed by atoms with Crippen LogP contribution in [0.4, 0.5) is 8.78 Å². The highest BCUT2D eigenvalue weighted by Crippen LogP contribution is 2.29. The molecule has 1 unspecified atom stereocenters. The standard InChI is InChI=1S/C16H24F2N2/c1-11(2)7-8-20(13-4-5-13)10-16(19)12-3-6-14(17)15(18)9-12/h3,6,9,11,13,16H,4-5,7-8,10,19H2,1-2H3. The normalized spacial score (nSPS) is 16.9. The lowest BCUT2D eigenvalue weighted by atomic mass is 10.1. The molecule has 0 radical (unpaired) electrons. The number of halogens is 2. The van der Waals surface area contributed by atoms with Crippen molar-refractivity contribution in [3.05, 3.63) is 35.4 Å². The van der Waals surface area contributed by atoms with Gasteiger partial charge in [-0.1, -0.05) is 19.9 Å². The number of nitrogens with zero attached hydrogens (tertiary/aromatic N) is 1. The molecule has 1 aromatic rings. The first kappa shape index (κ1) is 15.4. The molecule has 0 spiro atoms. The molecule has 20 heavy (non-hydrogen) atoms. The van der Waals surface area contributed by atoms with E-state index in [9.17, 15) is 8.78 Å². The van der Waals surface area contributed by atoms with Crippen LogP contribution in [0.25, 0.3) is 0 Å². The summed E-state index contributed by atoms with van der Waals surface area (Å²) in [5.74, 6) is -0.978. The smallest absolute Gasteiger partial charge is 0.159 e. The molecule has 1 aromatic carbocycles. The number of benzene rings is 1. The largest absolute Gasteiger partial charge is 0.323 e. The zero-order valence-electron chi connectivity index (χ0n) is 12.3. The maximum atomic E-state index is 13.3. The fourth-order valence-corrected chi connectivity index (χ4v) is 2.39. The third-order valence-electron chi connectivity index (χ3n) is 3.86. The summed E-state index contributed by atoms with van der Waals surface area (Å²) in [5, 5.41) is 0. The monoisotopic (exact) mass is 282 g/mol. The van der Waals surface area contributed by atoms with Crippen molar-refractivity contribution in [2.24, 2.45) is 11.7 Å². The Morgan fingerprint density at radius 2 is 1.95 bits per heavy atom. The van der Waals surface area contributed by atoms with E-state index < -0.39 is 11.6 Å². The van der Waals surface area contributed by atoms with E-state index >= 15 is 0 Å². The Balaban J connectivity index is 1.96. The van der Waals surface area contributed by atoms with Crippen molar-refractivity contribution in [1.29, 1.82) is 0 Å². The predicted octanol–water partition coefficient (Wildman–Crippen LogP) is 3.48. The summed E-state index contributed by atoms with van der Waals surface area (Å²) in [6, 6.07) is 4.31. The average Bonchev–Trinajstić information content (AvgIpc) is 3.21. The molecule has 0 amide bonds. The minimum absolute atomic E-state index is 0.266. The lowest BCUT2D eigenvalue weighted by molar-refractivity contribution is 0.233. The second kappa shape index (κ2) is 6.64. The Morgan fingerprint density at radius 1 is 1.25 bits per heavy atom. The van der Waals surface area contributed by atoms with E-state index in [2.05, 4.69) is 18.7 Å². The maximum Gasteiger partial charge on any atom is 0.159 e. The van der Waals surface area contributed by atoms with Gasteiger partial charge in [0.25, 0.3) is 0 Å². The molecule has 0 aromatic heterocycles. The van der Waals surface area contributed by atoms with Crippen LogP contribution in [0.5, 0.6) is 0 Å². The molecule has 0 saturated heterocycles. The van der Waals surface area contributed by atoms with Crippen molar-refractivity contribution in [3.63, 3.8) is 0 Å². The third-order valence-corrected chi connectivity index (χ3v) is 3.86. The van der Waals surface area contributed by atoms with Crippen molar-refractivity contribution >= 4 is 0 Å². The van der Waals surface area contributed by atoms with E-state index in [1.54, 1.807) is 6.07 Å². The Hall–Kier alpha value is -1.00. The predicted molar refractivity (Wildman–Crippen MR) is 77.3 cm³/mol. The zero-order chi connectivity index (χ0) is 14.7. The Bertz CT molecular complexity index is 444. The third kappa shape index (κ3) is 4.25. The lowest BCUT2D eigenvalue weighted by Gasteiger charge is -2.26. The van der Waals surface area contributed by atoms with Gasteiger partial charge in [0.1, 0.15) is 0 Å². The molecule has 2 nitrogen and oxygen atoms in total. The maximum absolute atomic E-state index is 13.3. The van der Waals surface area contributed by atoms with Gasteiger partial charge in [-0.05, 0) is 49.4 Å². The van der Waals surface area contributed by atoms with E-state index in [1.807, 2.05) is 0 Å². The number of hydrogen-bond acceptors (Lipinski definition) is 2. The van der Waals surface area contributed by atoms with Gasteiger partial charge in [0.15, 0.2) is 11.6 Å². The van der Waals surface area contributed by atoms with Gasteiger partial charge in [-0.25, -0.2) is 8.78 Å². The van der Waals surface area contributed by atoms with Gasteiger partial charge in [0.05, 0.1) is 0 Å². The summed E-state index contributed by atoms with van der Waals surface area (Å²) < 4.78 is 26.2. The summed E-state index contributed by atoms with van der Waals surface area (Å²) in [4.78, 5) is 2.39. The molecule has 2 rings (SSSR count). The zero-order valence-corrected chi connectivity index (χ0v) is 12.3. The van der Waals surface area contributed by atoms with Crippen LogP contribution in [-0.2, 0) is 0 Å². The highest BCUT2D eigenvalue weighted by atomic mass is 19.2. The molecule has 2 N–H and O–H groups in total. The number of hydrogen-bond donors (Lipinski definition) is 1. The number of nitrogens with two attached hydrogens (primary N) is 1. The van der Waals surface area contributed by atoms with E-state index in [1.165, 1.54) is 18.9 Å². The molecule has 112 valence electrons. The van der Waals surface area contributed by atoms with E-state index in [0.717, 1.165) is 19.0 Å². The van der Waals surface area contributed by atoms with Crippen LogP contribution in [0, 0.1) is 17.6 Å². The summed E-state index contributed by atoms with van der Waals surface area (Å²) in [6.45, 7) is 6.16. The van der Waals surface area contributed by atoms with Crippen LogP contribution in [-0.4, -0.2) is 24.0 Å². The Kier molecular flexibility index (Phi) is 5.11. The topological polar surface area (TPSA) is 29.3 Å². The molecule has 1 atom stereocenters. The summed E-state index contributed by atoms with van der Waals surface area (Å²) >= 11 is 0. The highest BCUT2D eigenvalue weighted by Gasteiger charge is 2.30. The minimum atomic E-state index is -0.821. The summed E-state index contributed by atoms with van der Waals surface area (Å²) in [6.07, 6.45) is 3.59. The molecular formula is C16H24F2N2. The molecular weight excluding hydrogens is 258 g/mol. The molecule has 4 heteroatoms. The molecule has 0 bridgehead atoms. The Labute approximate surface area is 120 Å². The van der Waals surface area contributed by atoms with Crippen molar-refractivity contribution in [1.82, 2.24) is 4.90 Å². The van der Waals surface area contributed by atoms with Gasteiger partial charge >= 0.3 is 0 Å². The highest BCUT2D eigenvalue weighted by molar-refractivity contribution is 5.21. The van der Waals surface area contributed by atoms with Gasteiger partial charge in [-0.3, -0.25) is 4.90 Å². The van der Waals surface area contributed by atoms with Gasteiger partial charge in [0.2, 0.25) is 0 Å². The average molecular weight is 282 g/mol. The van der Waals surface area contributed by atoms with Crippen LogP contribution in [0.15, 0.2) is 18.2 Å². The van der Waals surface area contributed by atoms with Crippen molar-refractivity contribution < 1.29 is 8.78 Å². The fourth-order valence-electron chi connectivity index (χ4n) is 2.39. The second-order valence-corrected chi connectivity index (χ2v) is 6.19. The lowest BCUT2D eigenvalue weighted by Crippen LogP contribution is -2.35. The second-order valence-electron chi connectivity index (χ2n) is 6.19. The van der Waals surface area contributed by atoms with Gasteiger partial charge in [-0.2, -0.15) is 0 Å². The van der Waals surface area contributed by atoms with Gasteiger partial charge in [-0.15, -0.1) is 0 Å². The first-order chi connectivity index (χ1) is 9.47.